The summed E-state index contributed by atoms with van der Waals surface area (Å²) < 4.78 is 0. The molecule has 0 radical (unpaired) electrons. The summed E-state index contributed by atoms with van der Waals surface area (Å²) in [5, 5.41) is 0.888. The van der Waals surface area contributed by atoms with Crippen LogP contribution < -0.4 is 5.73 Å². The summed E-state index contributed by atoms with van der Waals surface area (Å²) in [5.41, 5.74) is 5.48. The molecule has 68 valence electrons. The van der Waals surface area contributed by atoms with Gasteiger partial charge in [0.15, 0.2) is 0 Å². The molecule has 0 fully saturated rings. The quantitative estimate of drug-likeness (QED) is 0.803. The van der Waals surface area contributed by atoms with E-state index in [1.807, 2.05) is 6.92 Å². The van der Waals surface area contributed by atoms with Crippen molar-refractivity contribution in [2.45, 2.75) is 26.2 Å². The second-order valence-corrected chi connectivity index (χ2v) is 4.73. The Balaban J connectivity index is 2.74. The third-order valence-corrected chi connectivity index (χ3v) is 3.75. The molecule has 1 rings (SSSR count). The molecule has 0 spiro atoms. The first-order valence-electron chi connectivity index (χ1n) is 4.11. The predicted molar refractivity (Wildman–Crippen MR) is 56.2 cm³/mol. The van der Waals surface area contributed by atoms with Crippen LogP contribution in [0.3, 0.4) is 0 Å². The van der Waals surface area contributed by atoms with Crippen molar-refractivity contribution in [3.8, 4) is 0 Å². The van der Waals surface area contributed by atoms with Crippen LogP contribution in [0.15, 0.2) is 6.07 Å². The molecule has 0 aliphatic rings. The smallest absolute Gasteiger partial charge is 0.0545 e. The van der Waals surface area contributed by atoms with Crippen molar-refractivity contribution in [2.75, 3.05) is 6.54 Å². The largest absolute Gasteiger partial charge is 0.330 e. The average molecular weight is 204 g/mol. The van der Waals surface area contributed by atoms with Crippen molar-refractivity contribution in [2.24, 2.45) is 5.73 Å². The molecule has 0 aliphatic heterocycles. The van der Waals surface area contributed by atoms with E-state index in [1.165, 1.54) is 9.75 Å². The Morgan fingerprint density at radius 1 is 1.67 bits per heavy atom. The van der Waals surface area contributed by atoms with Crippen LogP contribution in [-0.2, 0) is 0 Å². The van der Waals surface area contributed by atoms with Gasteiger partial charge in [-0.05, 0) is 31.9 Å². The van der Waals surface area contributed by atoms with Gasteiger partial charge in [-0.2, -0.15) is 0 Å². The van der Waals surface area contributed by atoms with E-state index in [4.69, 9.17) is 17.3 Å². The first-order valence-corrected chi connectivity index (χ1v) is 5.30. The molecule has 0 aromatic carbocycles. The minimum Gasteiger partial charge on any atom is -0.330 e. The SMILES string of the molecule is Cc1sc(C(C)CCN)cc1Cl. The van der Waals surface area contributed by atoms with Gasteiger partial charge in [0.1, 0.15) is 0 Å². The minimum atomic E-state index is 0.547. The van der Waals surface area contributed by atoms with Crippen molar-refractivity contribution in [3.05, 3.63) is 20.8 Å². The van der Waals surface area contributed by atoms with Gasteiger partial charge in [0, 0.05) is 9.75 Å². The van der Waals surface area contributed by atoms with Crippen LogP contribution in [0.2, 0.25) is 5.02 Å². The molecular formula is C9H14ClNS. The molecule has 1 aromatic rings. The Morgan fingerprint density at radius 2 is 2.33 bits per heavy atom. The van der Waals surface area contributed by atoms with E-state index in [2.05, 4.69) is 13.0 Å². The molecule has 2 N–H and O–H groups in total. The highest BCUT2D eigenvalue weighted by atomic mass is 35.5. The zero-order valence-electron chi connectivity index (χ0n) is 7.43. The van der Waals surface area contributed by atoms with Crippen LogP contribution in [-0.4, -0.2) is 6.54 Å². The minimum absolute atomic E-state index is 0.547. The summed E-state index contributed by atoms with van der Waals surface area (Å²) in [7, 11) is 0. The molecule has 0 aliphatic carbocycles. The van der Waals surface area contributed by atoms with E-state index in [0.29, 0.717) is 5.92 Å². The van der Waals surface area contributed by atoms with E-state index in [0.717, 1.165) is 18.0 Å². The van der Waals surface area contributed by atoms with E-state index in [-0.39, 0.29) is 0 Å². The lowest BCUT2D eigenvalue weighted by Gasteiger charge is -2.05. The fourth-order valence-corrected chi connectivity index (χ4v) is 2.42. The standard InChI is InChI=1S/C9H14ClNS/c1-6(3-4-11)9-5-8(10)7(2)12-9/h5-6H,3-4,11H2,1-2H3. The molecule has 1 heterocycles. The normalized spacial score (nSPS) is 13.3. The highest BCUT2D eigenvalue weighted by Crippen LogP contribution is 2.32. The lowest BCUT2D eigenvalue weighted by molar-refractivity contribution is 0.701. The van der Waals surface area contributed by atoms with Gasteiger partial charge < -0.3 is 5.73 Å². The van der Waals surface area contributed by atoms with Crippen LogP contribution in [0.5, 0.6) is 0 Å². The van der Waals surface area contributed by atoms with Gasteiger partial charge in [0.25, 0.3) is 0 Å². The van der Waals surface area contributed by atoms with Gasteiger partial charge in [-0.3, -0.25) is 0 Å². The number of thiophene rings is 1. The van der Waals surface area contributed by atoms with Gasteiger partial charge in [-0.1, -0.05) is 18.5 Å². The summed E-state index contributed by atoms with van der Waals surface area (Å²) in [6.07, 6.45) is 1.04. The van der Waals surface area contributed by atoms with Crippen LogP contribution in [0.4, 0.5) is 0 Å². The third-order valence-electron chi connectivity index (χ3n) is 1.96. The Hall–Kier alpha value is -0.0500. The number of halogens is 1. The molecule has 3 heteroatoms. The van der Waals surface area contributed by atoms with Crippen molar-refractivity contribution >= 4 is 22.9 Å². The van der Waals surface area contributed by atoms with Crippen molar-refractivity contribution in [1.29, 1.82) is 0 Å². The maximum Gasteiger partial charge on any atom is 0.0545 e. The molecule has 0 saturated carbocycles. The summed E-state index contributed by atoms with van der Waals surface area (Å²) >= 11 is 7.73. The molecule has 1 atom stereocenters. The average Bonchev–Trinajstić information content (AvgIpc) is 2.33. The Bertz CT molecular complexity index is 238. The number of hydrogen-bond donors (Lipinski definition) is 1. The molecule has 12 heavy (non-hydrogen) atoms. The van der Waals surface area contributed by atoms with Crippen molar-refractivity contribution in [3.63, 3.8) is 0 Å². The lowest BCUT2D eigenvalue weighted by Crippen LogP contribution is -2.03. The first-order chi connectivity index (χ1) is 5.65. The van der Waals surface area contributed by atoms with Crippen molar-refractivity contribution < 1.29 is 0 Å². The predicted octanol–water partition coefficient (Wildman–Crippen LogP) is 3.16. The number of nitrogens with two attached hydrogens (primary N) is 1. The third kappa shape index (κ3) is 2.22. The fourth-order valence-electron chi connectivity index (χ4n) is 1.12. The van der Waals surface area contributed by atoms with Gasteiger partial charge in [-0.15, -0.1) is 11.3 Å². The summed E-state index contributed by atoms with van der Waals surface area (Å²) in [4.78, 5) is 2.55. The maximum atomic E-state index is 5.95. The maximum absolute atomic E-state index is 5.95. The molecule has 0 saturated heterocycles. The first kappa shape index (κ1) is 10.0. The second-order valence-electron chi connectivity index (χ2n) is 3.03. The summed E-state index contributed by atoms with van der Waals surface area (Å²) in [6.45, 7) is 4.98. The van der Waals surface area contributed by atoms with Crippen LogP contribution in [0.25, 0.3) is 0 Å². The molecule has 1 unspecified atom stereocenters. The topological polar surface area (TPSA) is 26.0 Å². The molecule has 0 bridgehead atoms. The van der Waals surface area contributed by atoms with E-state index < -0.39 is 0 Å². The van der Waals surface area contributed by atoms with Crippen LogP contribution >= 0.6 is 22.9 Å². The number of hydrogen-bond acceptors (Lipinski definition) is 2. The molecule has 0 amide bonds. The Kier molecular flexibility index (Phi) is 3.56. The molecule has 1 aromatic heterocycles. The van der Waals surface area contributed by atoms with E-state index in [1.54, 1.807) is 11.3 Å². The number of rotatable bonds is 3. The Morgan fingerprint density at radius 3 is 2.75 bits per heavy atom. The van der Waals surface area contributed by atoms with E-state index in [9.17, 15) is 0 Å². The molecular weight excluding hydrogens is 190 g/mol. The summed E-state index contributed by atoms with van der Waals surface area (Å²) in [6, 6.07) is 2.06. The Labute approximate surface area is 82.5 Å². The van der Waals surface area contributed by atoms with Gasteiger partial charge in [0.05, 0.1) is 5.02 Å². The van der Waals surface area contributed by atoms with Crippen molar-refractivity contribution in [1.82, 2.24) is 0 Å². The highest BCUT2D eigenvalue weighted by molar-refractivity contribution is 7.12. The molecule has 1 nitrogen and oxygen atoms in total. The number of aryl methyl sites for hydroxylation is 1. The monoisotopic (exact) mass is 203 g/mol. The van der Waals surface area contributed by atoms with Gasteiger partial charge in [0.2, 0.25) is 0 Å². The van der Waals surface area contributed by atoms with E-state index >= 15 is 0 Å². The van der Waals surface area contributed by atoms with Gasteiger partial charge >= 0.3 is 0 Å². The van der Waals surface area contributed by atoms with Crippen LogP contribution in [0.1, 0.15) is 29.0 Å². The lowest BCUT2D eigenvalue weighted by atomic mass is 10.1. The zero-order chi connectivity index (χ0) is 9.14. The highest BCUT2D eigenvalue weighted by Gasteiger charge is 2.09. The zero-order valence-corrected chi connectivity index (χ0v) is 9.00. The van der Waals surface area contributed by atoms with Gasteiger partial charge in [-0.25, -0.2) is 0 Å². The second kappa shape index (κ2) is 4.26. The van der Waals surface area contributed by atoms with Crippen LogP contribution in [0, 0.1) is 6.92 Å². The fraction of sp³-hybridized carbons (Fsp3) is 0.556. The summed E-state index contributed by atoms with van der Waals surface area (Å²) in [5.74, 6) is 0.547.